The number of aliphatic hydroxyl groups excluding tert-OH is 1. The van der Waals surface area contributed by atoms with E-state index < -0.39 is 0 Å². The lowest BCUT2D eigenvalue weighted by atomic mass is 9.97. The van der Waals surface area contributed by atoms with Gasteiger partial charge in [0.1, 0.15) is 0 Å². The highest BCUT2D eigenvalue weighted by atomic mass is 16.5. The normalized spacial score (nSPS) is 35.3. The number of aliphatic hydroxyl groups is 1. The quantitative estimate of drug-likeness (QED) is 0.673. The largest absolute Gasteiger partial charge is 0.389 e. The fraction of sp³-hybridized carbons (Fsp3) is 1.00. The molecule has 0 amide bonds. The predicted octanol–water partition coefficient (Wildman–Crippen LogP) is 0.524. The average molecular weight is 185 g/mol. The molecule has 1 saturated heterocycles. The number of nitrogens with one attached hydrogen (secondary N) is 1. The van der Waals surface area contributed by atoms with Crippen LogP contribution in [0.3, 0.4) is 0 Å². The van der Waals surface area contributed by atoms with Gasteiger partial charge < -0.3 is 15.2 Å². The van der Waals surface area contributed by atoms with E-state index in [1.165, 1.54) is 12.8 Å². The van der Waals surface area contributed by atoms with Gasteiger partial charge in [-0.3, -0.25) is 0 Å². The lowest BCUT2D eigenvalue weighted by molar-refractivity contribution is 0.117. The van der Waals surface area contributed by atoms with Gasteiger partial charge in [-0.05, 0) is 32.6 Å². The molecule has 2 aliphatic rings. The molecule has 13 heavy (non-hydrogen) atoms. The molecular formula is C10H19NO2. The van der Waals surface area contributed by atoms with Crippen LogP contribution in [0.5, 0.6) is 0 Å². The summed E-state index contributed by atoms with van der Waals surface area (Å²) in [6, 6.07) is 0.135. The number of ether oxygens (including phenoxy) is 1. The van der Waals surface area contributed by atoms with E-state index >= 15 is 0 Å². The van der Waals surface area contributed by atoms with E-state index in [0.717, 1.165) is 5.92 Å². The molecule has 0 aromatic carbocycles. The van der Waals surface area contributed by atoms with Crippen LogP contribution in [0, 0.1) is 5.92 Å². The van der Waals surface area contributed by atoms with E-state index in [2.05, 4.69) is 19.2 Å². The highest BCUT2D eigenvalue weighted by Crippen LogP contribution is 2.39. The van der Waals surface area contributed by atoms with Crippen molar-refractivity contribution in [2.45, 2.75) is 44.4 Å². The molecule has 3 nitrogen and oxygen atoms in total. The summed E-state index contributed by atoms with van der Waals surface area (Å²) >= 11 is 0. The zero-order valence-corrected chi connectivity index (χ0v) is 8.42. The molecule has 2 atom stereocenters. The Kier molecular flexibility index (Phi) is 2.34. The second-order valence-electron chi connectivity index (χ2n) is 4.85. The van der Waals surface area contributed by atoms with Gasteiger partial charge in [-0.15, -0.1) is 0 Å². The van der Waals surface area contributed by atoms with Crippen molar-refractivity contribution in [3.05, 3.63) is 0 Å². The molecule has 3 heteroatoms. The maximum Gasteiger partial charge on any atom is 0.0948 e. The molecule has 1 saturated carbocycles. The van der Waals surface area contributed by atoms with Crippen molar-refractivity contribution < 1.29 is 9.84 Å². The maximum absolute atomic E-state index is 9.57. The Morgan fingerprint density at radius 3 is 2.46 bits per heavy atom. The Morgan fingerprint density at radius 1 is 1.31 bits per heavy atom. The minimum atomic E-state index is -0.321. The molecule has 2 fully saturated rings. The zero-order valence-electron chi connectivity index (χ0n) is 8.42. The lowest BCUT2D eigenvalue weighted by Crippen LogP contribution is -2.52. The van der Waals surface area contributed by atoms with Crippen molar-refractivity contribution in [3.63, 3.8) is 0 Å². The molecule has 2 rings (SSSR count). The van der Waals surface area contributed by atoms with Gasteiger partial charge in [0.2, 0.25) is 0 Å². The topological polar surface area (TPSA) is 41.5 Å². The van der Waals surface area contributed by atoms with Crippen molar-refractivity contribution in [2.75, 3.05) is 13.2 Å². The zero-order chi connectivity index (χ0) is 9.47. The van der Waals surface area contributed by atoms with Gasteiger partial charge in [0.05, 0.1) is 25.4 Å². The highest BCUT2D eigenvalue weighted by Gasteiger charge is 2.40. The van der Waals surface area contributed by atoms with E-state index in [1.54, 1.807) is 0 Å². The Labute approximate surface area is 79.5 Å². The van der Waals surface area contributed by atoms with Crippen molar-refractivity contribution in [3.8, 4) is 0 Å². The average Bonchev–Trinajstić information content (AvgIpc) is 2.80. The Hall–Kier alpha value is -0.120. The van der Waals surface area contributed by atoms with Crippen LogP contribution in [0.15, 0.2) is 0 Å². The van der Waals surface area contributed by atoms with Gasteiger partial charge in [-0.1, -0.05) is 0 Å². The molecule has 2 N–H and O–H groups in total. The van der Waals surface area contributed by atoms with Crippen LogP contribution in [-0.4, -0.2) is 36.0 Å². The molecule has 0 aromatic heterocycles. The SMILES string of the molecule is CC(C)(NC1COCC1O)C1CC1. The molecule has 0 spiro atoms. The van der Waals surface area contributed by atoms with Crippen LogP contribution < -0.4 is 5.32 Å². The molecular weight excluding hydrogens is 166 g/mol. The second-order valence-corrected chi connectivity index (χ2v) is 4.85. The highest BCUT2D eigenvalue weighted by molar-refractivity contribution is 4.98. The molecule has 1 heterocycles. The molecule has 76 valence electrons. The van der Waals surface area contributed by atoms with Gasteiger partial charge >= 0.3 is 0 Å². The third kappa shape index (κ3) is 2.03. The molecule has 0 aromatic rings. The molecule has 2 unspecified atom stereocenters. The minimum Gasteiger partial charge on any atom is -0.389 e. The number of hydrogen-bond donors (Lipinski definition) is 2. The van der Waals surface area contributed by atoms with Gasteiger partial charge in [0, 0.05) is 5.54 Å². The first-order valence-corrected chi connectivity index (χ1v) is 5.13. The fourth-order valence-corrected chi connectivity index (χ4v) is 2.08. The number of hydrogen-bond acceptors (Lipinski definition) is 3. The summed E-state index contributed by atoms with van der Waals surface area (Å²) in [6.07, 6.45) is 2.32. The second kappa shape index (κ2) is 3.23. The van der Waals surface area contributed by atoms with E-state index in [4.69, 9.17) is 4.74 Å². The van der Waals surface area contributed by atoms with E-state index in [9.17, 15) is 5.11 Å². The molecule has 1 aliphatic carbocycles. The third-order valence-electron chi connectivity index (χ3n) is 3.21. The summed E-state index contributed by atoms with van der Waals surface area (Å²) in [7, 11) is 0. The Balaban J connectivity index is 1.88. The van der Waals surface area contributed by atoms with E-state index in [-0.39, 0.29) is 17.7 Å². The Morgan fingerprint density at radius 2 is 2.00 bits per heavy atom. The van der Waals surface area contributed by atoms with Crippen molar-refractivity contribution in [1.29, 1.82) is 0 Å². The van der Waals surface area contributed by atoms with Crippen LogP contribution in [0.2, 0.25) is 0 Å². The van der Waals surface area contributed by atoms with E-state index in [1.807, 2.05) is 0 Å². The lowest BCUT2D eigenvalue weighted by Gasteiger charge is -2.30. The van der Waals surface area contributed by atoms with Crippen molar-refractivity contribution >= 4 is 0 Å². The van der Waals surface area contributed by atoms with Crippen LogP contribution in [-0.2, 0) is 4.74 Å². The van der Waals surface area contributed by atoms with Gasteiger partial charge in [0.15, 0.2) is 0 Å². The predicted molar refractivity (Wildman–Crippen MR) is 50.6 cm³/mol. The van der Waals surface area contributed by atoms with Gasteiger partial charge in [-0.2, -0.15) is 0 Å². The van der Waals surface area contributed by atoms with Crippen LogP contribution in [0.1, 0.15) is 26.7 Å². The molecule has 0 radical (unpaired) electrons. The minimum absolute atomic E-state index is 0.135. The summed E-state index contributed by atoms with van der Waals surface area (Å²) in [5.41, 5.74) is 0.166. The first kappa shape index (κ1) is 9.44. The van der Waals surface area contributed by atoms with Crippen LogP contribution in [0.25, 0.3) is 0 Å². The standard InChI is InChI=1S/C10H19NO2/c1-10(2,7-3-4-7)11-8-5-13-6-9(8)12/h7-9,11-12H,3-6H2,1-2H3. The van der Waals surface area contributed by atoms with E-state index in [0.29, 0.717) is 13.2 Å². The summed E-state index contributed by atoms with van der Waals surface area (Å²) in [4.78, 5) is 0. The smallest absolute Gasteiger partial charge is 0.0948 e. The molecule has 1 aliphatic heterocycles. The monoisotopic (exact) mass is 185 g/mol. The van der Waals surface area contributed by atoms with Crippen molar-refractivity contribution in [2.24, 2.45) is 5.92 Å². The Bertz CT molecular complexity index is 189. The summed E-state index contributed by atoms with van der Waals surface area (Å²) in [5, 5.41) is 13.1. The van der Waals surface area contributed by atoms with Crippen LogP contribution >= 0.6 is 0 Å². The fourth-order valence-electron chi connectivity index (χ4n) is 2.08. The first-order valence-electron chi connectivity index (χ1n) is 5.13. The molecule has 0 bridgehead atoms. The summed E-state index contributed by atoms with van der Waals surface area (Å²) < 4.78 is 5.20. The number of rotatable bonds is 3. The first-order chi connectivity index (χ1) is 6.09. The maximum atomic E-state index is 9.57. The van der Waals surface area contributed by atoms with Gasteiger partial charge in [0.25, 0.3) is 0 Å². The van der Waals surface area contributed by atoms with Crippen LogP contribution in [0.4, 0.5) is 0 Å². The summed E-state index contributed by atoms with van der Waals surface area (Å²) in [6.45, 7) is 5.57. The van der Waals surface area contributed by atoms with Crippen molar-refractivity contribution in [1.82, 2.24) is 5.32 Å². The van der Waals surface area contributed by atoms with Gasteiger partial charge in [-0.25, -0.2) is 0 Å². The summed E-state index contributed by atoms with van der Waals surface area (Å²) in [5.74, 6) is 0.792. The third-order valence-corrected chi connectivity index (χ3v) is 3.21.